The SMILES string of the molecule is O=C(c1ccc(F)cc1)N1CCc2nc(C3CCCN3C(=O)C3CCCC3)[nH]c(=O)c2C1. The Hall–Kier alpha value is -3.03. The van der Waals surface area contributed by atoms with Gasteiger partial charge in [-0.1, -0.05) is 12.8 Å². The van der Waals surface area contributed by atoms with Crippen molar-refractivity contribution in [1.82, 2.24) is 19.8 Å². The minimum atomic E-state index is -0.397. The standard InChI is InChI=1S/C24H27FN4O3/c25-17-9-7-16(8-10-17)23(31)28-13-11-19-18(14-28)22(30)27-21(26-19)20-6-3-12-29(20)24(32)15-4-1-2-5-15/h7-10,15,20H,1-6,11-14H2,(H,26,27,30). The number of halogens is 1. The van der Waals surface area contributed by atoms with E-state index in [1.807, 2.05) is 4.90 Å². The molecular formula is C24H27FN4O3. The lowest BCUT2D eigenvalue weighted by molar-refractivity contribution is -0.136. The molecule has 0 bridgehead atoms. The third-order valence-electron chi connectivity index (χ3n) is 7.02. The first-order chi connectivity index (χ1) is 15.5. The maximum Gasteiger partial charge on any atom is 0.256 e. The van der Waals surface area contributed by atoms with E-state index in [0.717, 1.165) is 38.5 Å². The van der Waals surface area contributed by atoms with Crippen LogP contribution >= 0.6 is 0 Å². The van der Waals surface area contributed by atoms with Crippen LogP contribution in [-0.2, 0) is 17.8 Å². The molecule has 2 amide bonds. The lowest BCUT2D eigenvalue weighted by atomic mass is 10.0. The van der Waals surface area contributed by atoms with Crippen LogP contribution in [0.2, 0.25) is 0 Å². The average molecular weight is 439 g/mol. The molecule has 0 spiro atoms. The summed E-state index contributed by atoms with van der Waals surface area (Å²) in [5, 5.41) is 0. The van der Waals surface area contributed by atoms with Crippen molar-refractivity contribution in [1.29, 1.82) is 0 Å². The molecule has 168 valence electrons. The quantitative estimate of drug-likeness (QED) is 0.798. The second-order valence-corrected chi connectivity index (χ2v) is 9.03. The summed E-state index contributed by atoms with van der Waals surface area (Å²) in [6.45, 7) is 1.32. The number of amides is 2. The van der Waals surface area contributed by atoms with Crippen LogP contribution in [0.15, 0.2) is 29.1 Å². The first-order valence-electron chi connectivity index (χ1n) is 11.5. The Morgan fingerprint density at radius 1 is 1.03 bits per heavy atom. The van der Waals surface area contributed by atoms with Gasteiger partial charge in [-0.3, -0.25) is 14.4 Å². The van der Waals surface area contributed by atoms with Crippen LogP contribution in [0.25, 0.3) is 0 Å². The van der Waals surface area contributed by atoms with E-state index in [0.29, 0.717) is 42.2 Å². The van der Waals surface area contributed by atoms with Crippen molar-refractivity contribution >= 4 is 11.8 Å². The normalized spacial score (nSPS) is 21.1. The van der Waals surface area contributed by atoms with Crippen LogP contribution in [0, 0.1) is 11.7 Å². The highest BCUT2D eigenvalue weighted by Gasteiger charge is 2.37. The number of benzene rings is 1. The van der Waals surface area contributed by atoms with Crippen LogP contribution in [0.1, 0.15) is 72.0 Å². The minimum absolute atomic E-state index is 0.103. The van der Waals surface area contributed by atoms with Gasteiger partial charge in [-0.2, -0.15) is 0 Å². The zero-order valence-corrected chi connectivity index (χ0v) is 18.0. The van der Waals surface area contributed by atoms with Crippen molar-refractivity contribution < 1.29 is 14.0 Å². The number of hydrogen-bond donors (Lipinski definition) is 1. The summed E-state index contributed by atoms with van der Waals surface area (Å²) in [6, 6.07) is 5.24. The Balaban J connectivity index is 1.36. The Labute approximate surface area is 185 Å². The third kappa shape index (κ3) is 3.82. The van der Waals surface area contributed by atoms with Crippen LogP contribution < -0.4 is 5.56 Å². The van der Waals surface area contributed by atoms with Crippen LogP contribution in [0.3, 0.4) is 0 Å². The molecule has 1 aromatic heterocycles. The molecule has 2 fully saturated rings. The second kappa shape index (κ2) is 8.48. The van der Waals surface area contributed by atoms with Gasteiger partial charge in [-0.15, -0.1) is 0 Å². The van der Waals surface area contributed by atoms with E-state index in [2.05, 4.69) is 4.98 Å². The van der Waals surface area contributed by atoms with Crippen LogP contribution in [-0.4, -0.2) is 44.7 Å². The number of nitrogens with zero attached hydrogens (tertiary/aromatic N) is 3. The Morgan fingerprint density at radius 2 is 1.78 bits per heavy atom. The van der Waals surface area contributed by atoms with Crippen molar-refractivity contribution in [3.05, 3.63) is 63.1 Å². The minimum Gasteiger partial charge on any atom is -0.334 e. The first kappa shape index (κ1) is 20.8. The lowest BCUT2D eigenvalue weighted by Crippen LogP contribution is -2.41. The molecule has 7 nitrogen and oxygen atoms in total. The molecule has 1 saturated heterocycles. The van der Waals surface area contributed by atoms with Gasteiger partial charge in [0, 0.05) is 31.0 Å². The van der Waals surface area contributed by atoms with Crippen molar-refractivity contribution in [2.24, 2.45) is 5.92 Å². The second-order valence-electron chi connectivity index (χ2n) is 9.03. The Kier molecular flexibility index (Phi) is 5.53. The number of carbonyl (C=O) groups is 2. The van der Waals surface area contributed by atoms with E-state index in [1.54, 1.807) is 4.90 Å². The molecule has 2 aromatic rings. The molecule has 3 heterocycles. The number of likely N-dealkylation sites (tertiary alicyclic amines) is 1. The summed E-state index contributed by atoms with van der Waals surface area (Å²) in [4.78, 5) is 49.9. The van der Waals surface area contributed by atoms with Gasteiger partial charge in [-0.05, 0) is 49.9 Å². The van der Waals surface area contributed by atoms with Gasteiger partial charge >= 0.3 is 0 Å². The molecule has 1 atom stereocenters. The number of hydrogen-bond acceptors (Lipinski definition) is 4. The largest absolute Gasteiger partial charge is 0.334 e. The predicted molar refractivity (Wildman–Crippen MR) is 115 cm³/mol. The zero-order chi connectivity index (χ0) is 22.2. The number of carbonyl (C=O) groups excluding carboxylic acids is 2. The molecule has 3 aliphatic rings. The fraction of sp³-hybridized carbons (Fsp3) is 0.500. The molecule has 8 heteroatoms. The van der Waals surface area contributed by atoms with Gasteiger partial charge < -0.3 is 14.8 Å². The highest BCUT2D eigenvalue weighted by atomic mass is 19.1. The molecular weight excluding hydrogens is 411 g/mol. The van der Waals surface area contributed by atoms with Gasteiger partial charge in [0.05, 0.1) is 23.8 Å². The fourth-order valence-electron chi connectivity index (χ4n) is 5.27. The topological polar surface area (TPSA) is 86.4 Å². The molecule has 5 rings (SSSR count). The van der Waals surface area contributed by atoms with Crippen molar-refractivity contribution in [3.8, 4) is 0 Å². The molecule has 1 unspecified atom stereocenters. The predicted octanol–water partition coefficient (Wildman–Crippen LogP) is 2.96. The maximum atomic E-state index is 13.2. The number of aromatic amines is 1. The molecule has 1 N–H and O–H groups in total. The van der Waals surface area contributed by atoms with Gasteiger partial charge in [0.15, 0.2) is 0 Å². The van der Waals surface area contributed by atoms with Crippen molar-refractivity contribution in [2.75, 3.05) is 13.1 Å². The summed E-state index contributed by atoms with van der Waals surface area (Å²) in [5.41, 5.74) is 1.33. The summed E-state index contributed by atoms with van der Waals surface area (Å²) < 4.78 is 13.2. The maximum absolute atomic E-state index is 13.2. The van der Waals surface area contributed by atoms with Crippen molar-refractivity contribution in [3.63, 3.8) is 0 Å². The van der Waals surface area contributed by atoms with Gasteiger partial charge in [0.2, 0.25) is 5.91 Å². The van der Waals surface area contributed by atoms with Crippen LogP contribution in [0.4, 0.5) is 4.39 Å². The number of rotatable bonds is 3. The van der Waals surface area contributed by atoms with E-state index < -0.39 is 5.82 Å². The highest BCUT2D eigenvalue weighted by molar-refractivity contribution is 5.94. The number of aromatic nitrogens is 2. The highest BCUT2D eigenvalue weighted by Crippen LogP contribution is 2.35. The molecule has 0 radical (unpaired) electrons. The molecule has 2 aliphatic heterocycles. The molecule has 1 aromatic carbocycles. The zero-order valence-electron chi connectivity index (χ0n) is 18.0. The Bertz CT molecular complexity index is 1090. The molecule has 32 heavy (non-hydrogen) atoms. The third-order valence-corrected chi connectivity index (χ3v) is 7.02. The van der Waals surface area contributed by atoms with Gasteiger partial charge in [-0.25, -0.2) is 9.37 Å². The van der Waals surface area contributed by atoms with Gasteiger partial charge in [0.1, 0.15) is 11.6 Å². The van der Waals surface area contributed by atoms with E-state index in [9.17, 15) is 18.8 Å². The van der Waals surface area contributed by atoms with E-state index in [-0.39, 0.29) is 35.9 Å². The van der Waals surface area contributed by atoms with Crippen molar-refractivity contribution in [2.45, 2.75) is 57.5 Å². The van der Waals surface area contributed by atoms with E-state index in [1.165, 1.54) is 24.3 Å². The fourth-order valence-corrected chi connectivity index (χ4v) is 5.27. The Morgan fingerprint density at radius 3 is 2.53 bits per heavy atom. The van der Waals surface area contributed by atoms with Gasteiger partial charge in [0.25, 0.3) is 11.5 Å². The smallest absolute Gasteiger partial charge is 0.256 e. The molecule has 1 aliphatic carbocycles. The summed E-state index contributed by atoms with van der Waals surface area (Å²) in [6.07, 6.45) is 6.30. The lowest BCUT2D eigenvalue weighted by Gasteiger charge is -2.30. The number of fused-ring (bicyclic) bond motifs is 1. The average Bonchev–Trinajstić information content (AvgIpc) is 3.51. The van der Waals surface area contributed by atoms with E-state index >= 15 is 0 Å². The summed E-state index contributed by atoms with van der Waals surface area (Å²) >= 11 is 0. The number of H-pyrrole nitrogens is 1. The summed E-state index contributed by atoms with van der Waals surface area (Å²) in [5.74, 6) is 0.234. The summed E-state index contributed by atoms with van der Waals surface area (Å²) in [7, 11) is 0. The molecule has 1 saturated carbocycles. The first-order valence-corrected chi connectivity index (χ1v) is 11.5. The van der Waals surface area contributed by atoms with Crippen LogP contribution in [0.5, 0.6) is 0 Å². The van der Waals surface area contributed by atoms with E-state index in [4.69, 9.17) is 4.98 Å². The number of nitrogens with one attached hydrogen (secondary N) is 1. The monoisotopic (exact) mass is 438 g/mol.